The first-order valence-electron chi connectivity index (χ1n) is 5.26. The molecule has 2 atom stereocenters. The summed E-state index contributed by atoms with van der Waals surface area (Å²) in [5, 5.41) is 6.19. The number of carbonyl (C=O) groups is 1. The lowest BCUT2D eigenvalue weighted by Crippen LogP contribution is -2.27. The largest absolute Gasteiger partial charge is 0.373 e. The Labute approximate surface area is 99.4 Å². The van der Waals surface area contributed by atoms with Crippen molar-refractivity contribution >= 4 is 23.3 Å². The van der Waals surface area contributed by atoms with Crippen LogP contribution in [0.15, 0.2) is 12.3 Å². The molecule has 4 nitrogen and oxygen atoms in total. The van der Waals surface area contributed by atoms with E-state index in [1.165, 1.54) is 6.20 Å². The van der Waals surface area contributed by atoms with Crippen molar-refractivity contribution in [1.29, 1.82) is 0 Å². The molecule has 0 aromatic carbocycles. The number of amides is 1. The number of aromatic nitrogens is 1. The van der Waals surface area contributed by atoms with E-state index >= 15 is 0 Å². The molecule has 86 valence electrons. The summed E-state index contributed by atoms with van der Waals surface area (Å²) in [6.07, 6.45) is 2.53. The van der Waals surface area contributed by atoms with Crippen molar-refractivity contribution in [3.63, 3.8) is 0 Å². The second-order valence-electron chi connectivity index (χ2n) is 4.09. The van der Waals surface area contributed by atoms with Crippen LogP contribution < -0.4 is 10.6 Å². The van der Waals surface area contributed by atoms with Gasteiger partial charge in [-0.2, -0.15) is 0 Å². The van der Waals surface area contributed by atoms with E-state index in [4.69, 9.17) is 11.6 Å². The van der Waals surface area contributed by atoms with E-state index in [0.717, 1.165) is 6.42 Å². The van der Waals surface area contributed by atoms with E-state index in [0.29, 0.717) is 28.4 Å². The van der Waals surface area contributed by atoms with Gasteiger partial charge in [-0.05, 0) is 18.4 Å². The second-order valence-corrected chi connectivity index (χ2v) is 4.50. The smallest absolute Gasteiger partial charge is 0.253 e. The van der Waals surface area contributed by atoms with E-state index in [-0.39, 0.29) is 5.91 Å². The summed E-state index contributed by atoms with van der Waals surface area (Å²) in [4.78, 5) is 15.9. The summed E-state index contributed by atoms with van der Waals surface area (Å²) in [5.74, 6) is 1.09. The number of halogens is 1. The van der Waals surface area contributed by atoms with Crippen LogP contribution >= 0.6 is 11.6 Å². The number of hydrogen-bond donors (Lipinski definition) is 2. The Hall–Kier alpha value is -1.29. The third kappa shape index (κ3) is 2.27. The van der Waals surface area contributed by atoms with E-state index < -0.39 is 0 Å². The molecule has 1 amide bonds. The summed E-state index contributed by atoms with van der Waals surface area (Å²) in [5.41, 5.74) is 0.472. The Morgan fingerprint density at radius 2 is 2.31 bits per heavy atom. The topological polar surface area (TPSA) is 54.0 Å². The SMILES string of the molecule is CNc1cc(C(=O)NC2CC2C)c(Cl)cn1. The number of nitrogens with one attached hydrogen (secondary N) is 2. The quantitative estimate of drug-likeness (QED) is 0.847. The van der Waals surface area contributed by atoms with Crippen molar-refractivity contribution in [2.24, 2.45) is 5.92 Å². The van der Waals surface area contributed by atoms with Crippen LogP contribution in [0.4, 0.5) is 5.82 Å². The minimum Gasteiger partial charge on any atom is -0.373 e. The molecular weight excluding hydrogens is 226 g/mol. The fraction of sp³-hybridized carbons (Fsp3) is 0.455. The molecule has 1 aliphatic rings. The molecule has 0 saturated heterocycles. The first kappa shape index (κ1) is 11.2. The van der Waals surface area contributed by atoms with Crippen LogP contribution in [0, 0.1) is 5.92 Å². The highest BCUT2D eigenvalue weighted by Crippen LogP contribution is 2.29. The van der Waals surface area contributed by atoms with Crippen LogP contribution in [0.25, 0.3) is 0 Å². The predicted molar refractivity (Wildman–Crippen MR) is 63.8 cm³/mol. The molecule has 1 fully saturated rings. The fourth-order valence-corrected chi connectivity index (χ4v) is 1.71. The molecule has 0 spiro atoms. The van der Waals surface area contributed by atoms with Gasteiger partial charge >= 0.3 is 0 Å². The van der Waals surface area contributed by atoms with E-state index in [1.54, 1.807) is 13.1 Å². The third-order valence-electron chi connectivity index (χ3n) is 2.78. The first-order chi connectivity index (χ1) is 7.61. The number of hydrogen-bond acceptors (Lipinski definition) is 3. The van der Waals surface area contributed by atoms with Gasteiger partial charge in [-0.3, -0.25) is 4.79 Å². The molecule has 1 aliphatic carbocycles. The molecule has 1 heterocycles. The lowest BCUT2D eigenvalue weighted by Gasteiger charge is -2.07. The van der Waals surface area contributed by atoms with Gasteiger partial charge in [0.15, 0.2) is 0 Å². The molecule has 1 saturated carbocycles. The molecule has 1 aromatic rings. The standard InChI is InChI=1S/C11H14ClN3O/c1-6-3-9(6)15-11(16)7-4-10(13-2)14-5-8(7)12/h4-6,9H,3H2,1-2H3,(H,13,14)(H,15,16). The van der Waals surface area contributed by atoms with Crippen LogP contribution in [0.5, 0.6) is 0 Å². The molecule has 0 bridgehead atoms. The summed E-state index contributed by atoms with van der Waals surface area (Å²) in [6, 6.07) is 1.96. The summed E-state index contributed by atoms with van der Waals surface area (Å²) in [6.45, 7) is 2.11. The van der Waals surface area contributed by atoms with E-state index in [9.17, 15) is 4.79 Å². The van der Waals surface area contributed by atoms with Crippen LogP contribution in [-0.4, -0.2) is 24.0 Å². The van der Waals surface area contributed by atoms with Gasteiger partial charge in [0.2, 0.25) is 0 Å². The highest BCUT2D eigenvalue weighted by atomic mass is 35.5. The molecule has 2 N–H and O–H groups in total. The Morgan fingerprint density at radius 1 is 1.62 bits per heavy atom. The van der Waals surface area contributed by atoms with Crippen molar-refractivity contribution in [1.82, 2.24) is 10.3 Å². The zero-order chi connectivity index (χ0) is 11.7. The average molecular weight is 240 g/mol. The van der Waals surface area contributed by atoms with Crippen molar-refractivity contribution in [2.75, 3.05) is 12.4 Å². The van der Waals surface area contributed by atoms with Gasteiger partial charge in [-0.1, -0.05) is 18.5 Å². The van der Waals surface area contributed by atoms with Crippen molar-refractivity contribution in [3.05, 3.63) is 22.8 Å². The molecular formula is C11H14ClN3O. The lowest BCUT2D eigenvalue weighted by atomic mass is 10.2. The van der Waals surface area contributed by atoms with E-state index in [1.807, 2.05) is 0 Å². The number of pyridine rings is 1. The summed E-state index contributed by atoms with van der Waals surface area (Å²) in [7, 11) is 1.75. The van der Waals surface area contributed by atoms with Crippen LogP contribution in [-0.2, 0) is 0 Å². The van der Waals surface area contributed by atoms with Crippen LogP contribution in [0.3, 0.4) is 0 Å². The van der Waals surface area contributed by atoms with Crippen LogP contribution in [0.1, 0.15) is 23.7 Å². The summed E-state index contributed by atoms with van der Waals surface area (Å²) >= 11 is 5.94. The highest BCUT2D eigenvalue weighted by Gasteiger charge is 2.34. The first-order valence-corrected chi connectivity index (χ1v) is 5.63. The Balaban J connectivity index is 2.14. The molecule has 0 aliphatic heterocycles. The molecule has 0 radical (unpaired) electrons. The number of nitrogens with zero attached hydrogens (tertiary/aromatic N) is 1. The highest BCUT2D eigenvalue weighted by molar-refractivity contribution is 6.33. The normalized spacial score (nSPS) is 22.7. The van der Waals surface area contributed by atoms with Crippen molar-refractivity contribution in [3.8, 4) is 0 Å². The van der Waals surface area contributed by atoms with Gasteiger partial charge in [0.05, 0.1) is 10.6 Å². The maximum atomic E-state index is 11.9. The zero-order valence-electron chi connectivity index (χ0n) is 9.25. The molecule has 16 heavy (non-hydrogen) atoms. The number of carbonyl (C=O) groups excluding carboxylic acids is 1. The number of anilines is 1. The molecule has 2 unspecified atom stereocenters. The van der Waals surface area contributed by atoms with E-state index in [2.05, 4.69) is 22.5 Å². The maximum absolute atomic E-state index is 11.9. The monoisotopic (exact) mass is 239 g/mol. The minimum atomic E-state index is -0.127. The average Bonchev–Trinajstić information content (AvgIpc) is 2.94. The van der Waals surface area contributed by atoms with Crippen LogP contribution in [0.2, 0.25) is 5.02 Å². The summed E-state index contributed by atoms with van der Waals surface area (Å²) < 4.78 is 0. The second kappa shape index (κ2) is 4.29. The Kier molecular flexibility index (Phi) is 3.01. The molecule has 1 aromatic heterocycles. The third-order valence-corrected chi connectivity index (χ3v) is 3.08. The Morgan fingerprint density at radius 3 is 2.88 bits per heavy atom. The van der Waals surface area contributed by atoms with Gasteiger partial charge in [-0.15, -0.1) is 0 Å². The predicted octanol–water partition coefficient (Wildman–Crippen LogP) is 1.91. The van der Waals surface area contributed by atoms with Gasteiger partial charge in [0, 0.05) is 19.3 Å². The van der Waals surface area contributed by atoms with Gasteiger partial charge in [0.1, 0.15) is 5.82 Å². The molecule has 5 heteroatoms. The van der Waals surface area contributed by atoms with Gasteiger partial charge in [0.25, 0.3) is 5.91 Å². The van der Waals surface area contributed by atoms with Gasteiger partial charge < -0.3 is 10.6 Å². The number of rotatable bonds is 3. The van der Waals surface area contributed by atoms with Gasteiger partial charge in [-0.25, -0.2) is 4.98 Å². The van der Waals surface area contributed by atoms with Crippen molar-refractivity contribution < 1.29 is 4.79 Å². The minimum absolute atomic E-state index is 0.127. The fourth-order valence-electron chi connectivity index (χ4n) is 1.52. The zero-order valence-corrected chi connectivity index (χ0v) is 10.0. The Bertz CT molecular complexity index is 422. The molecule has 2 rings (SSSR count). The lowest BCUT2D eigenvalue weighted by molar-refractivity contribution is 0.0949. The maximum Gasteiger partial charge on any atom is 0.253 e. The van der Waals surface area contributed by atoms with Crippen molar-refractivity contribution in [2.45, 2.75) is 19.4 Å².